The van der Waals surface area contributed by atoms with Gasteiger partial charge in [-0.05, 0) is 25.0 Å². The van der Waals surface area contributed by atoms with Gasteiger partial charge in [0.2, 0.25) is 5.91 Å². The molecule has 2 fully saturated rings. The standard InChI is InChI=1S/C16H22N2O3S/c1-14(19)18-9-10-21-16(13-18)7-11-22(20,12-8-16)17-15-5-3-2-4-6-15/h2-6H,7-13H2,1H3. The van der Waals surface area contributed by atoms with E-state index in [9.17, 15) is 9.00 Å². The maximum Gasteiger partial charge on any atom is 0.219 e. The highest BCUT2D eigenvalue weighted by Gasteiger charge is 2.41. The van der Waals surface area contributed by atoms with Gasteiger partial charge in [0.05, 0.1) is 27.6 Å². The highest BCUT2D eigenvalue weighted by atomic mass is 32.2. The Bertz CT molecular complexity index is 651. The Balaban J connectivity index is 1.73. The molecule has 0 radical (unpaired) electrons. The van der Waals surface area contributed by atoms with Gasteiger partial charge in [0.25, 0.3) is 0 Å². The van der Waals surface area contributed by atoms with Crippen molar-refractivity contribution in [3.05, 3.63) is 30.3 Å². The van der Waals surface area contributed by atoms with E-state index in [1.807, 2.05) is 35.2 Å². The molecule has 0 bridgehead atoms. The van der Waals surface area contributed by atoms with E-state index in [0.29, 0.717) is 44.0 Å². The summed E-state index contributed by atoms with van der Waals surface area (Å²) in [7, 11) is -2.21. The molecule has 2 heterocycles. The summed E-state index contributed by atoms with van der Waals surface area (Å²) in [4.78, 5) is 13.4. The summed E-state index contributed by atoms with van der Waals surface area (Å²) in [6.07, 6.45) is 1.40. The van der Waals surface area contributed by atoms with Crippen LogP contribution in [0.1, 0.15) is 19.8 Å². The fraction of sp³-hybridized carbons (Fsp3) is 0.562. The minimum absolute atomic E-state index is 0.0861. The van der Waals surface area contributed by atoms with Gasteiger partial charge in [0, 0.05) is 31.5 Å². The molecule has 5 nitrogen and oxygen atoms in total. The fourth-order valence-electron chi connectivity index (χ4n) is 3.11. The second-order valence-corrected chi connectivity index (χ2v) is 8.62. The predicted molar refractivity (Wildman–Crippen MR) is 86.6 cm³/mol. The molecule has 0 saturated carbocycles. The molecule has 0 atom stereocenters. The maximum atomic E-state index is 12.9. The number of rotatable bonds is 1. The molecule has 3 rings (SSSR count). The highest BCUT2D eigenvalue weighted by molar-refractivity contribution is 7.93. The van der Waals surface area contributed by atoms with Crippen LogP contribution in [-0.4, -0.2) is 51.8 Å². The van der Waals surface area contributed by atoms with E-state index in [0.717, 1.165) is 5.69 Å². The Morgan fingerprint density at radius 3 is 2.59 bits per heavy atom. The molecule has 1 aromatic carbocycles. The molecule has 0 unspecified atom stereocenters. The molecular weight excluding hydrogens is 300 g/mol. The van der Waals surface area contributed by atoms with Crippen molar-refractivity contribution in [2.24, 2.45) is 4.36 Å². The molecule has 22 heavy (non-hydrogen) atoms. The summed E-state index contributed by atoms with van der Waals surface area (Å²) < 4.78 is 23.4. The van der Waals surface area contributed by atoms with Crippen LogP contribution in [0.3, 0.4) is 0 Å². The zero-order valence-corrected chi connectivity index (χ0v) is 13.7. The van der Waals surface area contributed by atoms with E-state index in [-0.39, 0.29) is 11.5 Å². The fourth-order valence-corrected chi connectivity index (χ4v) is 5.38. The second-order valence-electron chi connectivity index (χ2n) is 6.08. The van der Waals surface area contributed by atoms with Gasteiger partial charge in [-0.15, -0.1) is 0 Å². The normalized spacial score (nSPS) is 32.0. The predicted octanol–water partition coefficient (Wildman–Crippen LogP) is 2.20. The van der Waals surface area contributed by atoms with Crippen LogP contribution < -0.4 is 0 Å². The molecule has 120 valence electrons. The highest BCUT2D eigenvalue weighted by Crippen LogP contribution is 2.33. The Hall–Kier alpha value is -1.40. The maximum absolute atomic E-state index is 12.9. The second kappa shape index (κ2) is 6.01. The van der Waals surface area contributed by atoms with Crippen molar-refractivity contribution in [2.75, 3.05) is 31.2 Å². The van der Waals surface area contributed by atoms with E-state index in [4.69, 9.17) is 4.74 Å². The minimum atomic E-state index is -2.21. The van der Waals surface area contributed by atoms with Crippen LogP contribution in [-0.2, 0) is 19.3 Å². The van der Waals surface area contributed by atoms with Gasteiger partial charge in [-0.3, -0.25) is 4.79 Å². The smallest absolute Gasteiger partial charge is 0.219 e. The zero-order valence-electron chi connectivity index (χ0n) is 12.9. The number of ether oxygens (including phenoxy) is 1. The quantitative estimate of drug-likeness (QED) is 0.796. The molecular formula is C16H22N2O3S. The summed E-state index contributed by atoms with van der Waals surface area (Å²) in [5.41, 5.74) is 0.454. The number of carbonyl (C=O) groups is 1. The Labute approximate surface area is 131 Å². The van der Waals surface area contributed by atoms with Crippen LogP contribution in [0.15, 0.2) is 34.7 Å². The first kappa shape index (κ1) is 15.5. The number of hydrogen-bond donors (Lipinski definition) is 0. The molecule has 1 amide bonds. The lowest BCUT2D eigenvalue weighted by molar-refractivity contribution is -0.150. The van der Waals surface area contributed by atoms with E-state index >= 15 is 0 Å². The van der Waals surface area contributed by atoms with Gasteiger partial charge in [-0.2, -0.15) is 4.36 Å². The van der Waals surface area contributed by atoms with Gasteiger partial charge in [-0.25, -0.2) is 4.21 Å². The lowest BCUT2D eigenvalue weighted by Gasteiger charge is -2.45. The van der Waals surface area contributed by atoms with Gasteiger partial charge >= 0.3 is 0 Å². The third-order valence-electron chi connectivity index (χ3n) is 4.48. The molecule has 0 N–H and O–H groups in total. The molecule has 2 saturated heterocycles. The number of morpholine rings is 1. The van der Waals surface area contributed by atoms with Crippen LogP contribution in [0.25, 0.3) is 0 Å². The average molecular weight is 322 g/mol. The van der Waals surface area contributed by atoms with E-state index in [1.165, 1.54) is 0 Å². The van der Waals surface area contributed by atoms with Gasteiger partial charge in [0.15, 0.2) is 0 Å². The van der Waals surface area contributed by atoms with Crippen molar-refractivity contribution >= 4 is 21.3 Å². The van der Waals surface area contributed by atoms with Crippen LogP contribution in [0, 0.1) is 0 Å². The van der Waals surface area contributed by atoms with Crippen molar-refractivity contribution in [1.29, 1.82) is 0 Å². The Morgan fingerprint density at radius 1 is 1.27 bits per heavy atom. The first-order valence-electron chi connectivity index (χ1n) is 7.67. The zero-order chi connectivity index (χ0) is 15.6. The first-order chi connectivity index (χ1) is 10.5. The van der Waals surface area contributed by atoms with E-state index in [1.54, 1.807) is 6.92 Å². The van der Waals surface area contributed by atoms with Gasteiger partial charge < -0.3 is 9.64 Å². The summed E-state index contributed by atoms with van der Waals surface area (Å²) in [5.74, 6) is 1.16. The Kier molecular flexibility index (Phi) is 4.23. The molecule has 1 aromatic rings. The van der Waals surface area contributed by atoms with Gasteiger partial charge in [-0.1, -0.05) is 18.2 Å². The number of amides is 1. The first-order valence-corrected chi connectivity index (χ1v) is 9.53. The topological polar surface area (TPSA) is 59.0 Å². The van der Waals surface area contributed by atoms with E-state index in [2.05, 4.69) is 4.36 Å². The van der Waals surface area contributed by atoms with Crippen LogP contribution in [0.4, 0.5) is 5.69 Å². The summed E-state index contributed by atoms with van der Waals surface area (Å²) in [5, 5.41) is 0. The number of benzene rings is 1. The summed E-state index contributed by atoms with van der Waals surface area (Å²) in [6, 6.07) is 9.49. The van der Waals surface area contributed by atoms with Crippen molar-refractivity contribution in [2.45, 2.75) is 25.4 Å². The van der Waals surface area contributed by atoms with Crippen molar-refractivity contribution in [3.63, 3.8) is 0 Å². The summed E-state index contributed by atoms with van der Waals surface area (Å²) in [6.45, 7) is 3.43. The third-order valence-corrected chi connectivity index (χ3v) is 6.70. The monoisotopic (exact) mass is 322 g/mol. The number of nitrogens with zero attached hydrogens (tertiary/aromatic N) is 2. The molecule has 2 aliphatic rings. The summed E-state index contributed by atoms with van der Waals surface area (Å²) >= 11 is 0. The lowest BCUT2D eigenvalue weighted by Crippen LogP contribution is -2.56. The largest absolute Gasteiger partial charge is 0.371 e. The third kappa shape index (κ3) is 3.33. The SMILES string of the molecule is CC(=O)N1CCOC2(CCS(=O)(=Nc3ccccc3)CC2)C1. The molecule has 0 aromatic heterocycles. The molecule has 2 aliphatic heterocycles. The van der Waals surface area contributed by atoms with Crippen molar-refractivity contribution in [1.82, 2.24) is 4.90 Å². The number of carbonyl (C=O) groups excluding carboxylic acids is 1. The van der Waals surface area contributed by atoms with Crippen molar-refractivity contribution < 1.29 is 13.7 Å². The van der Waals surface area contributed by atoms with E-state index < -0.39 is 9.73 Å². The lowest BCUT2D eigenvalue weighted by atomic mass is 9.94. The molecule has 6 heteroatoms. The minimum Gasteiger partial charge on any atom is -0.371 e. The van der Waals surface area contributed by atoms with Crippen LogP contribution >= 0.6 is 0 Å². The average Bonchev–Trinajstić information content (AvgIpc) is 2.52. The van der Waals surface area contributed by atoms with Crippen LogP contribution in [0.2, 0.25) is 0 Å². The van der Waals surface area contributed by atoms with Gasteiger partial charge in [0.1, 0.15) is 0 Å². The Morgan fingerprint density at radius 2 is 1.95 bits per heavy atom. The molecule has 1 spiro atoms. The van der Waals surface area contributed by atoms with Crippen LogP contribution in [0.5, 0.6) is 0 Å². The number of hydrogen-bond acceptors (Lipinski definition) is 4. The molecule has 0 aliphatic carbocycles. The van der Waals surface area contributed by atoms with Crippen molar-refractivity contribution in [3.8, 4) is 0 Å².